The quantitative estimate of drug-likeness (QED) is 0.445. The molecule has 4 N–H and O–H groups in total. The smallest absolute Gasteiger partial charge is 0.255 e. The number of Topliss-reactive ketones (excluding diaryl/α,β-unsaturated/α-hetero) is 2. The number of allylic oxidation sites excluding steroid dienone is 3. The number of ether oxygens (including phenoxy) is 1. The molecule has 3 unspecified atom stereocenters. The summed E-state index contributed by atoms with van der Waals surface area (Å²) >= 11 is 0. The molecule has 3 aliphatic rings. The number of carbonyl (C=O) groups excluding carboxylic acids is 3. The normalized spacial score (nSPS) is 24.3. The molecular formula is C25H30N2O6. The van der Waals surface area contributed by atoms with Crippen LogP contribution in [0, 0.1) is 17.8 Å². The van der Waals surface area contributed by atoms with Crippen LogP contribution in [-0.2, 0) is 16.0 Å². The molecule has 3 aliphatic carbocycles. The highest BCUT2D eigenvalue weighted by Gasteiger charge is 2.50. The Balaban J connectivity index is 1.82. The lowest BCUT2D eigenvalue weighted by Gasteiger charge is -2.41. The Kier molecular flexibility index (Phi) is 5.95. The van der Waals surface area contributed by atoms with Crippen LogP contribution in [0.5, 0.6) is 5.75 Å². The van der Waals surface area contributed by atoms with Crippen molar-refractivity contribution in [3.63, 3.8) is 0 Å². The third kappa shape index (κ3) is 3.67. The Morgan fingerprint density at radius 1 is 1.21 bits per heavy atom. The van der Waals surface area contributed by atoms with Gasteiger partial charge >= 0.3 is 0 Å². The molecule has 4 rings (SSSR count). The number of aliphatic hydroxyl groups is 2. The number of ketones is 2. The van der Waals surface area contributed by atoms with Crippen LogP contribution in [0.2, 0.25) is 0 Å². The molecule has 0 radical (unpaired) electrons. The lowest BCUT2D eigenvalue weighted by molar-refractivity contribution is -0.126. The molecule has 3 atom stereocenters. The number of primary amides is 1. The molecule has 0 bridgehead atoms. The minimum atomic E-state index is -1.05. The van der Waals surface area contributed by atoms with Crippen LogP contribution >= 0.6 is 0 Å². The highest BCUT2D eigenvalue weighted by Crippen LogP contribution is 2.50. The highest BCUT2D eigenvalue weighted by atomic mass is 16.5. The highest BCUT2D eigenvalue weighted by molar-refractivity contribution is 6.22. The second-order valence-electron chi connectivity index (χ2n) is 9.29. The molecule has 176 valence electrons. The molecule has 0 aromatic heterocycles. The summed E-state index contributed by atoms with van der Waals surface area (Å²) in [7, 11) is 3.82. The summed E-state index contributed by atoms with van der Waals surface area (Å²) in [6.07, 6.45) is 2.80. The van der Waals surface area contributed by atoms with Gasteiger partial charge in [-0.15, -0.1) is 0 Å². The maximum Gasteiger partial charge on any atom is 0.255 e. The van der Waals surface area contributed by atoms with Crippen LogP contribution in [0.15, 0.2) is 34.8 Å². The Labute approximate surface area is 192 Å². The minimum absolute atomic E-state index is 0.0598. The van der Waals surface area contributed by atoms with Crippen LogP contribution in [0.25, 0.3) is 0 Å². The van der Waals surface area contributed by atoms with Crippen molar-refractivity contribution in [1.82, 2.24) is 0 Å². The fourth-order valence-electron chi connectivity index (χ4n) is 5.48. The molecule has 8 nitrogen and oxygen atoms in total. The molecule has 1 aromatic carbocycles. The summed E-state index contributed by atoms with van der Waals surface area (Å²) in [5.41, 5.74) is 7.21. The molecule has 0 spiro atoms. The summed E-state index contributed by atoms with van der Waals surface area (Å²) in [5, 5.41) is 21.4. The number of hydrogen-bond acceptors (Lipinski definition) is 7. The summed E-state index contributed by atoms with van der Waals surface area (Å²) in [6, 6.07) is 3.72. The van der Waals surface area contributed by atoms with Gasteiger partial charge in [-0.1, -0.05) is 13.3 Å². The molecular weight excluding hydrogens is 424 g/mol. The number of amides is 1. The van der Waals surface area contributed by atoms with Gasteiger partial charge in [0, 0.05) is 31.8 Å². The third-order valence-corrected chi connectivity index (χ3v) is 6.97. The average molecular weight is 455 g/mol. The summed E-state index contributed by atoms with van der Waals surface area (Å²) < 4.78 is 5.94. The zero-order valence-corrected chi connectivity index (χ0v) is 19.2. The zero-order valence-electron chi connectivity index (χ0n) is 19.2. The SMILES string of the molecule is CCCCOc1ccc(N(C)C)c2c1C(=O)C1=C(O)C3C(=O)C(C(N)=O)=C(O)CC3CC1C2. The maximum atomic E-state index is 13.8. The van der Waals surface area contributed by atoms with E-state index in [0.717, 1.165) is 24.1 Å². The average Bonchev–Trinajstić information content (AvgIpc) is 2.72. The van der Waals surface area contributed by atoms with Gasteiger partial charge in [-0.05, 0) is 48.8 Å². The lowest BCUT2D eigenvalue weighted by atomic mass is 9.62. The molecule has 0 saturated carbocycles. The van der Waals surface area contributed by atoms with Crippen molar-refractivity contribution in [2.75, 3.05) is 25.6 Å². The van der Waals surface area contributed by atoms with E-state index in [4.69, 9.17) is 10.5 Å². The zero-order chi connectivity index (χ0) is 24.0. The van der Waals surface area contributed by atoms with Gasteiger partial charge in [0.2, 0.25) is 0 Å². The molecule has 1 amide bonds. The van der Waals surface area contributed by atoms with Gasteiger partial charge in [0.25, 0.3) is 5.91 Å². The summed E-state index contributed by atoms with van der Waals surface area (Å²) in [6.45, 7) is 2.53. The number of hydrogen-bond donors (Lipinski definition) is 3. The molecule has 0 fully saturated rings. The van der Waals surface area contributed by atoms with Crippen LogP contribution in [0.1, 0.15) is 48.5 Å². The van der Waals surface area contributed by atoms with Gasteiger partial charge in [-0.3, -0.25) is 14.4 Å². The van der Waals surface area contributed by atoms with Crippen molar-refractivity contribution in [2.24, 2.45) is 23.5 Å². The van der Waals surface area contributed by atoms with Crippen LogP contribution in [0.3, 0.4) is 0 Å². The molecule has 0 heterocycles. The molecule has 8 heteroatoms. The van der Waals surface area contributed by atoms with Crippen molar-refractivity contribution >= 4 is 23.2 Å². The first kappa shape index (κ1) is 22.9. The second-order valence-corrected chi connectivity index (χ2v) is 9.29. The fraction of sp³-hybridized carbons (Fsp3) is 0.480. The van der Waals surface area contributed by atoms with Gasteiger partial charge in [0.05, 0.1) is 18.1 Å². The number of rotatable bonds is 6. The molecule has 0 saturated heterocycles. The van der Waals surface area contributed by atoms with Crippen LogP contribution < -0.4 is 15.4 Å². The van der Waals surface area contributed by atoms with E-state index < -0.39 is 29.1 Å². The van der Waals surface area contributed by atoms with Crippen molar-refractivity contribution < 1.29 is 29.3 Å². The van der Waals surface area contributed by atoms with Crippen molar-refractivity contribution in [2.45, 2.75) is 39.0 Å². The summed E-state index contributed by atoms with van der Waals surface area (Å²) in [5.74, 6) is -4.03. The second kappa shape index (κ2) is 8.57. The number of anilines is 1. The number of unbranched alkanes of at least 4 members (excludes halogenated alkanes) is 1. The van der Waals surface area contributed by atoms with Gasteiger partial charge in [-0.2, -0.15) is 0 Å². The van der Waals surface area contributed by atoms with E-state index in [2.05, 4.69) is 6.92 Å². The maximum absolute atomic E-state index is 13.8. The number of fused-ring (bicyclic) bond motifs is 3. The van der Waals surface area contributed by atoms with Crippen molar-refractivity contribution in [3.05, 3.63) is 45.9 Å². The van der Waals surface area contributed by atoms with E-state index in [9.17, 15) is 24.6 Å². The van der Waals surface area contributed by atoms with Crippen molar-refractivity contribution in [1.29, 1.82) is 0 Å². The van der Waals surface area contributed by atoms with Crippen LogP contribution in [0.4, 0.5) is 5.69 Å². The van der Waals surface area contributed by atoms with E-state index in [-0.39, 0.29) is 35.2 Å². The Morgan fingerprint density at radius 2 is 1.94 bits per heavy atom. The summed E-state index contributed by atoms with van der Waals surface area (Å²) in [4.78, 5) is 40.4. The first-order valence-corrected chi connectivity index (χ1v) is 11.4. The molecule has 1 aromatic rings. The fourth-order valence-corrected chi connectivity index (χ4v) is 5.48. The van der Waals surface area contributed by atoms with Gasteiger partial charge in [0.1, 0.15) is 22.8 Å². The van der Waals surface area contributed by atoms with Crippen molar-refractivity contribution in [3.8, 4) is 5.75 Å². The number of carbonyl (C=O) groups is 3. The molecule has 33 heavy (non-hydrogen) atoms. The topological polar surface area (TPSA) is 130 Å². The minimum Gasteiger partial charge on any atom is -0.511 e. The van der Waals surface area contributed by atoms with E-state index in [1.165, 1.54) is 0 Å². The predicted octanol–water partition coefficient (Wildman–Crippen LogP) is 3.00. The number of aliphatic hydroxyl groups excluding tert-OH is 2. The molecule has 0 aliphatic heterocycles. The lowest BCUT2D eigenvalue weighted by Crippen LogP contribution is -2.43. The number of nitrogens with two attached hydrogens (primary N) is 1. The Bertz CT molecular complexity index is 1100. The van der Waals surface area contributed by atoms with E-state index in [1.807, 2.05) is 25.1 Å². The largest absolute Gasteiger partial charge is 0.511 e. The standard InChI is InChI=1S/C25H30N2O6/c1-4-5-8-33-17-7-6-15(27(2)3)14-10-12-9-13-11-16(28)21(25(26)32)24(31)19(13)22(29)18(12)23(30)20(14)17/h6-7,12-13,19,28-29H,4-5,8-11H2,1-3H3,(H2,26,32). The van der Waals surface area contributed by atoms with Crippen LogP contribution in [-0.4, -0.2) is 48.4 Å². The predicted molar refractivity (Wildman–Crippen MR) is 122 cm³/mol. The Morgan fingerprint density at radius 3 is 2.58 bits per heavy atom. The van der Waals surface area contributed by atoms with Gasteiger partial charge in [-0.25, -0.2) is 0 Å². The number of nitrogens with zero attached hydrogens (tertiary/aromatic N) is 1. The van der Waals surface area contributed by atoms with E-state index >= 15 is 0 Å². The first-order valence-electron chi connectivity index (χ1n) is 11.4. The van der Waals surface area contributed by atoms with E-state index in [1.54, 1.807) is 6.07 Å². The Hall–Kier alpha value is -3.29. The first-order chi connectivity index (χ1) is 15.7. The third-order valence-electron chi connectivity index (χ3n) is 6.97. The van der Waals surface area contributed by atoms with Gasteiger partial charge in [0.15, 0.2) is 11.6 Å². The number of benzene rings is 1. The monoisotopic (exact) mass is 454 g/mol. The van der Waals surface area contributed by atoms with Gasteiger partial charge < -0.3 is 25.6 Å². The van der Waals surface area contributed by atoms with E-state index in [0.29, 0.717) is 30.8 Å².